The molecule has 0 aliphatic carbocycles. The van der Waals surface area contributed by atoms with E-state index in [0.717, 1.165) is 18.4 Å². The maximum atomic E-state index is 13.1. The Labute approximate surface area is 139 Å². The molecule has 0 radical (unpaired) electrons. The van der Waals surface area contributed by atoms with Gasteiger partial charge < -0.3 is 9.64 Å². The van der Waals surface area contributed by atoms with Gasteiger partial charge in [-0.2, -0.15) is 0 Å². The van der Waals surface area contributed by atoms with Crippen molar-refractivity contribution in [2.45, 2.75) is 19.8 Å². The predicted octanol–water partition coefficient (Wildman–Crippen LogP) is 3.50. The zero-order valence-corrected chi connectivity index (χ0v) is 13.6. The van der Waals surface area contributed by atoms with Gasteiger partial charge in [0.2, 0.25) is 0 Å². The van der Waals surface area contributed by atoms with Gasteiger partial charge in [0.05, 0.1) is 17.7 Å². The number of hydrogen-bond donors (Lipinski definition) is 0. The molecule has 0 saturated heterocycles. The highest BCUT2D eigenvalue weighted by Crippen LogP contribution is 2.38. The maximum Gasteiger partial charge on any atom is 0.285 e. The van der Waals surface area contributed by atoms with Crippen molar-refractivity contribution in [1.29, 1.82) is 0 Å². The van der Waals surface area contributed by atoms with Crippen LogP contribution < -0.4 is 9.64 Å². The number of carbonyl (C=O) groups is 1. The van der Waals surface area contributed by atoms with Gasteiger partial charge in [-0.3, -0.25) is 14.9 Å². The number of methoxy groups -OCH3 is 1. The molecule has 2 aromatic rings. The first-order valence-corrected chi connectivity index (χ1v) is 7.76. The molecular weight excluding hydrogens is 308 g/mol. The lowest BCUT2D eigenvalue weighted by Crippen LogP contribution is -2.36. The highest BCUT2D eigenvalue weighted by molar-refractivity contribution is 6.10. The van der Waals surface area contributed by atoms with E-state index in [1.807, 2.05) is 12.1 Å². The van der Waals surface area contributed by atoms with E-state index < -0.39 is 4.92 Å². The SMILES string of the molecule is COc1cccc2c1N(C(=O)c1cccc(C)c1[N+](=O)[O-])CCC2. The van der Waals surface area contributed by atoms with Crippen LogP contribution in [0.4, 0.5) is 11.4 Å². The minimum Gasteiger partial charge on any atom is -0.495 e. The summed E-state index contributed by atoms with van der Waals surface area (Å²) < 4.78 is 5.40. The van der Waals surface area contributed by atoms with Gasteiger partial charge >= 0.3 is 0 Å². The van der Waals surface area contributed by atoms with Gasteiger partial charge in [0.25, 0.3) is 11.6 Å². The molecule has 0 N–H and O–H groups in total. The molecule has 1 amide bonds. The number of aryl methyl sites for hydroxylation is 2. The molecule has 0 spiro atoms. The van der Waals surface area contributed by atoms with Crippen LogP contribution in [0.15, 0.2) is 36.4 Å². The third-order valence-corrected chi connectivity index (χ3v) is 4.30. The van der Waals surface area contributed by atoms with Crippen LogP contribution in [0, 0.1) is 17.0 Å². The molecule has 1 aliphatic heterocycles. The summed E-state index contributed by atoms with van der Waals surface area (Å²) in [5.41, 5.74) is 2.18. The fourth-order valence-electron chi connectivity index (χ4n) is 3.20. The summed E-state index contributed by atoms with van der Waals surface area (Å²) in [6, 6.07) is 10.5. The number of ether oxygens (including phenoxy) is 1. The molecule has 0 bridgehead atoms. The lowest BCUT2D eigenvalue weighted by atomic mass is 9.99. The molecule has 0 saturated carbocycles. The van der Waals surface area contributed by atoms with Gasteiger partial charge in [-0.05, 0) is 37.5 Å². The van der Waals surface area contributed by atoms with E-state index in [9.17, 15) is 14.9 Å². The molecular formula is C18H18N2O4. The second kappa shape index (κ2) is 6.31. The van der Waals surface area contributed by atoms with Crippen LogP contribution in [-0.2, 0) is 6.42 Å². The largest absolute Gasteiger partial charge is 0.495 e. The second-order valence-electron chi connectivity index (χ2n) is 5.76. The van der Waals surface area contributed by atoms with Crippen LogP contribution in [0.3, 0.4) is 0 Å². The monoisotopic (exact) mass is 326 g/mol. The molecule has 2 aromatic carbocycles. The Bertz CT molecular complexity index is 802. The molecule has 0 aromatic heterocycles. The minimum atomic E-state index is -0.490. The molecule has 0 fully saturated rings. The smallest absolute Gasteiger partial charge is 0.285 e. The first-order valence-electron chi connectivity index (χ1n) is 7.76. The number of anilines is 1. The lowest BCUT2D eigenvalue weighted by Gasteiger charge is -2.31. The maximum absolute atomic E-state index is 13.1. The normalized spacial score (nSPS) is 13.3. The van der Waals surface area contributed by atoms with Crippen molar-refractivity contribution in [1.82, 2.24) is 0 Å². The van der Waals surface area contributed by atoms with E-state index in [2.05, 4.69) is 0 Å². The summed E-state index contributed by atoms with van der Waals surface area (Å²) in [5, 5.41) is 11.4. The Kier molecular flexibility index (Phi) is 4.20. The van der Waals surface area contributed by atoms with E-state index in [0.29, 0.717) is 23.5 Å². The number of amides is 1. The number of nitro benzene ring substituents is 1. The Morgan fingerprint density at radius 1 is 1.25 bits per heavy atom. The Morgan fingerprint density at radius 2 is 2.00 bits per heavy atom. The Balaban J connectivity index is 2.12. The molecule has 6 nitrogen and oxygen atoms in total. The van der Waals surface area contributed by atoms with Crippen molar-refractivity contribution in [2.75, 3.05) is 18.6 Å². The van der Waals surface area contributed by atoms with Crippen LogP contribution in [-0.4, -0.2) is 24.5 Å². The van der Waals surface area contributed by atoms with Crippen LogP contribution in [0.5, 0.6) is 5.75 Å². The zero-order valence-electron chi connectivity index (χ0n) is 13.6. The molecule has 0 unspecified atom stereocenters. The van der Waals surface area contributed by atoms with Crippen LogP contribution in [0.25, 0.3) is 0 Å². The fraction of sp³-hybridized carbons (Fsp3) is 0.278. The summed E-state index contributed by atoms with van der Waals surface area (Å²) in [5.74, 6) is 0.242. The van der Waals surface area contributed by atoms with E-state index in [1.165, 1.54) is 6.07 Å². The number of hydrogen-bond acceptors (Lipinski definition) is 4. The number of carbonyl (C=O) groups excluding carboxylic acids is 1. The average molecular weight is 326 g/mol. The number of fused-ring (bicyclic) bond motifs is 1. The zero-order chi connectivity index (χ0) is 17.3. The third-order valence-electron chi connectivity index (χ3n) is 4.30. The van der Waals surface area contributed by atoms with Crippen molar-refractivity contribution in [3.63, 3.8) is 0 Å². The molecule has 24 heavy (non-hydrogen) atoms. The number of para-hydroxylation sites is 2. The van der Waals surface area contributed by atoms with Gasteiger partial charge in [-0.15, -0.1) is 0 Å². The van der Waals surface area contributed by atoms with Gasteiger partial charge in [0, 0.05) is 12.1 Å². The molecule has 6 heteroatoms. The molecule has 124 valence electrons. The highest BCUT2D eigenvalue weighted by atomic mass is 16.6. The summed E-state index contributed by atoms with van der Waals surface area (Å²) in [7, 11) is 1.56. The van der Waals surface area contributed by atoms with E-state index in [4.69, 9.17) is 4.74 Å². The number of nitrogens with zero attached hydrogens (tertiary/aromatic N) is 2. The minimum absolute atomic E-state index is 0.110. The van der Waals surface area contributed by atoms with Crippen LogP contribution in [0.2, 0.25) is 0 Å². The first-order chi connectivity index (χ1) is 11.5. The van der Waals surface area contributed by atoms with Crippen molar-refractivity contribution in [3.8, 4) is 5.75 Å². The average Bonchev–Trinajstić information content (AvgIpc) is 2.59. The standard InChI is InChI=1S/C18H18N2O4/c1-12-6-3-9-14(16(12)20(22)23)18(21)19-11-5-8-13-7-4-10-15(24-2)17(13)19/h3-4,6-7,9-10H,5,8,11H2,1-2H3. The van der Waals surface area contributed by atoms with Crippen molar-refractivity contribution in [3.05, 3.63) is 63.2 Å². The van der Waals surface area contributed by atoms with Gasteiger partial charge in [-0.25, -0.2) is 0 Å². The van der Waals surface area contributed by atoms with Crippen LogP contribution in [0.1, 0.15) is 27.9 Å². The van der Waals surface area contributed by atoms with Crippen molar-refractivity contribution >= 4 is 17.3 Å². The van der Waals surface area contributed by atoms with Gasteiger partial charge in [-0.1, -0.05) is 24.3 Å². The van der Waals surface area contributed by atoms with Crippen molar-refractivity contribution < 1.29 is 14.5 Å². The molecule has 1 aliphatic rings. The van der Waals surface area contributed by atoms with E-state index >= 15 is 0 Å². The molecule has 0 atom stereocenters. The topological polar surface area (TPSA) is 72.7 Å². The molecule has 1 heterocycles. The number of benzene rings is 2. The summed E-state index contributed by atoms with van der Waals surface area (Å²) in [6.45, 7) is 2.15. The summed E-state index contributed by atoms with van der Waals surface area (Å²) >= 11 is 0. The summed E-state index contributed by atoms with van der Waals surface area (Å²) in [6.07, 6.45) is 1.66. The Hall–Kier alpha value is -2.89. The van der Waals surface area contributed by atoms with E-state index in [-0.39, 0.29) is 17.2 Å². The van der Waals surface area contributed by atoms with Crippen molar-refractivity contribution in [2.24, 2.45) is 0 Å². The van der Waals surface area contributed by atoms with Gasteiger partial charge in [0.15, 0.2) is 0 Å². The third kappa shape index (κ3) is 2.60. The van der Waals surface area contributed by atoms with Crippen LogP contribution >= 0.6 is 0 Å². The lowest BCUT2D eigenvalue weighted by molar-refractivity contribution is -0.385. The molecule has 3 rings (SSSR count). The number of nitro groups is 1. The second-order valence-corrected chi connectivity index (χ2v) is 5.76. The van der Waals surface area contributed by atoms with Gasteiger partial charge in [0.1, 0.15) is 11.3 Å². The Morgan fingerprint density at radius 3 is 2.71 bits per heavy atom. The first kappa shape index (κ1) is 16.0. The summed E-state index contributed by atoms with van der Waals surface area (Å²) in [4.78, 5) is 25.6. The number of rotatable bonds is 3. The highest BCUT2D eigenvalue weighted by Gasteiger charge is 2.31. The fourth-order valence-corrected chi connectivity index (χ4v) is 3.20. The predicted molar refractivity (Wildman–Crippen MR) is 90.8 cm³/mol. The quantitative estimate of drug-likeness (QED) is 0.639. The van der Waals surface area contributed by atoms with E-state index in [1.54, 1.807) is 37.1 Å².